The van der Waals surface area contributed by atoms with Crippen molar-refractivity contribution in [3.63, 3.8) is 0 Å². The van der Waals surface area contributed by atoms with Gasteiger partial charge in [0.25, 0.3) is 0 Å². The first-order valence-corrected chi connectivity index (χ1v) is 7.04. The Morgan fingerprint density at radius 3 is 1.95 bits per heavy atom. The van der Waals surface area contributed by atoms with E-state index < -0.39 is 17.4 Å². The maximum Gasteiger partial charge on any atom is 0.323 e. The van der Waals surface area contributed by atoms with Crippen LogP contribution in [0.1, 0.15) is 46.5 Å². The van der Waals surface area contributed by atoms with Crippen molar-refractivity contribution in [1.29, 1.82) is 0 Å². The van der Waals surface area contributed by atoms with Gasteiger partial charge >= 0.3 is 11.9 Å². The van der Waals surface area contributed by atoms with E-state index >= 15 is 0 Å². The van der Waals surface area contributed by atoms with Gasteiger partial charge in [0.2, 0.25) is 0 Å². The Morgan fingerprint density at radius 2 is 1.60 bits per heavy atom. The zero-order valence-electron chi connectivity index (χ0n) is 12.9. The molecule has 0 N–H and O–H groups in total. The predicted octanol–water partition coefficient (Wildman–Crippen LogP) is 3.42. The van der Waals surface area contributed by atoms with Crippen molar-refractivity contribution >= 4 is 11.9 Å². The van der Waals surface area contributed by atoms with E-state index in [-0.39, 0.29) is 13.2 Å². The molecule has 114 valence electrons. The number of carbonyl (C=O) groups is 2. The van der Waals surface area contributed by atoms with Gasteiger partial charge in [-0.2, -0.15) is 0 Å². The molecule has 0 spiro atoms. The predicted molar refractivity (Wildman–Crippen MR) is 79.2 cm³/mol. The van der Waals surface area contributed by atoms with Crippen LogP contribution in [0.3, 0.4) is 0 Å². The van der Waals surface area contributed by atoms with Crippen molar-refractivity contribution in [2.45, 2.75) is 46.5 Å². The molecule has 0 amide bonds. The van der Waals surface area contributed by atoms with Gasteiger partial charge < -0.3 is 9.47 Å². The molecule has 4 heteroatoms. The molecule has 0 unspecified atom stereocenters. The molecule has 0 fully saturated rings. The highest BCUT2D eigenvalue weighted by Crippen LogP contribution is 2.34. The van der Waals surface area contributed by atoms with E-state index in [1.807, 2.05) is 6.92 Å². The minimum atomic E-state index is -1.25. The number of ether oxygens (including phenoxy) is 2. The second-order valence-corrected chi connectivity index (χ2v) is 4.81. The van der Waals surface area contributed by atoms with E-state index in [0.717, 1.165) is 5.57 Å². The smallest absolute Gasteiger partial charge is 0.323 e. The normalized spacial score (nSPS) is 10.8. The van der Waals surface area contributed by atoms with Crippen molar-refractivity contribution in [3.05, 3.63) is 24.8 Å². The van der Waals surface area contributed by atoms with E-state index in [1.54, 1.807) is 19.9 Å². The van der Waals surface area contributed by atoms with Crippen LogP contribution < -0.4 is 0 Å². The number of esters is 2. The van der Waals surface area contributed by atoms with Crippen LogP contribution in [-0.4, -0.2) is 25.2 Å². The Balaban J connectivity index is 5.35. The third-order valence-electron chi connectivity index (χ3n) is 3.09. The minimum Gasteiger partial charge on any atom is -0.465 e. The van der Waals surface area contributed by atoms with Gasteiger partial charge in [-0.1, -0.05) is 11.6 Å². The molecule has 4 nitrogen and oxygen atoms in total. The summed E-state index contributed by atoms with van der Waals surface area (Å²) in [6.45, 7) is 13.3. The van der Waals surface area contributed by atoms with Gasteiger partial charge in [0.05, 0.1) is 13.2 Å². The SMILES string of the molecule is C=CCCC(CCC(=C)C)(C(=O)OCC)C(=O)OCC. The lowest BCUT2D eigenvalue weighted by molar-refractivity contribution is -0.173. The Labute approximate surface area is 121 Å². The van der Waals surface area contributed by atoms with E-state index in [9.17, 15) is 9.59 Å². The van der Waals surface area contributed by atoms with Crippen molar-refractivity contribution in [1.82, 2.24) is 0 Å². The first-order valence-electron chi connectivity index (χ1n) is 7.04. The van der Waals surface area contributed by atoms with Gasteiger partial charge in [-0.15, -0.1) is 13.2 Å². The number of allylic oxidation sites excluding steroid dienone is 2. The van der Waals surface area contributed by atoms with Crippen molar-refractivity contribution in [2.24, 2.45) is 5.41 Å². The van der Waals surface area contributed by atoms with Crippen LogP contribution in [0.2, 0.25) is 0 Å². The van der Waals surface area contributed by atoms with Crippen LogP contribution in [0.25, 0.3) is 0 Å². The van der Waals surface area contributed by atoms with Crippen LogP contribution in [0.15, 0.2) is 24.8 Å². The first-order chi connectivity index (χ1) is 9.44. The molecule has 0 rings (SSSR count). The highest BCUT2D eigenvalue weighted by Gasteiger charge is 2.47. The molecule has 0 radical (unpaired) electrons. The lowest BCUT2D eigenvalue weighted by atomic mass is 9.78. The molecule has 0 atom stereocenters. The van der Waals surface area contributed by atoms with E-state index in [4.69, 9.17) is 9.47 Å². The van der Waals surface area contributed by atoms with Crippen molar-refractivity contribution in [3.8, 4) is 0 Å². The standard InChI is InChI=1S/C16H26O4/c1-6-9-11-16(12-10-13(4)5,14(17)19-7-2)15(18)20-8-3/h6H,1,4,7-12H2,2-3,5H3. The summed E-state index contributed by atoms with van der Waals surface area (Å²) >= 11 is 0. The Morgan fingerprint density at radius 1 is 1.10 bits per heavy atom. The van der Waals surface area contributed by atoms with E-state index in [1.165, 1.54) is 0 Å². The van der Waals surface area contributed by atoms with Gasteiger partial charge in [-0.3, -0.25) is 9.59 Å². The summed E-state index contributed by atoms with van der Waals surface area (Å²) in [5.41, 5.74) is -0.333. The number of hydrogen-bond acceptors (Lipinski definition) is 4. The third-order valence-corrected chi connectivity index (χ3v) is 3.09. The fourth-order valence-corrected chi connectivity index (χ4v) is 1.93. The number of rotatable bonds is 10. The Kier molecular flexibility index (Phi) is 8.61. The summed E-state index contributed by atoms with van der Waals surface area (Å²) < 4.78 is 10.2. The van der Waals surface area contributed by atoms with Crippen LogP contribution in [0.5, 0.6) is 0 Å². The molecular formula is C16H26O4. The minimum absolute atomic E-state index is 0.237. The highest BCUT2D eigenvalue weighted by molar-refractivity contribution is 6.00. The second kappa shape index (κ2) is 9.34. The van der Waals surface area contributed by atoms with Gasteiger partial charge in [0, 0.05) is 0 Å². The third kappa shape index (κ3) is 5.19. The topological polar surface area (TPSA) is 52.6 Å². The molecule has 0 saturated carbocycles. The largest absolute Gasteiger partial charge is 0.465 e. The monoisotopic (exact) mass is 282 g/mol. The Bertz CT molecular complexity index is 339. The molecule has 0 aromatic heterocycles. The molecule has 0 aliphatic rings. The molecule has 0 heterocycles. The van der Waals surface area contributed by atoms with E-state index in [2.05, 4.69) is 13.2 Å². The zero-order chi connectivity index (χ0) is 15.6. The van der Waals surface area contributed by atoms with Crippen molar-refractivity contribution in [2.75, 3.05) is 13.2 Å². The molecule has 0 aromatic rings. The van der Waals surface area contributed by atoms with E-state index in [0.29, 0.717) is 25.7 Å². The van der Waals surface area contributed by atoms with Crippen molar-refractivity contribution < 1.29 is 19.1 Å². The zero-order valence-corrected chi connectivity index (χ0v) is 12.9. The van der Waals surface area contributed by atoms with Gasteiger partial charge in [-0.25, -0.2) is 0 Å². The fourth-order valence-electron chi connectivity index (χ4n) is 1.93. The fraction of sp³-hybridized carbons (Fsp3) is 0.625. The van der Waals surface area contributed by atoms with Gasteiger partial charge in [-0.05, 0) is 46.5 Å². The lowest BCUT2D eigenvalue weighted by Crippen LogP contribution is -2.42. The van der Waals surface area contributed by atoms with Crippen LogP contribution >= 0.6 is 0 Å². The van der Waals surface area contributed by atoms with Gasteiger partial charge in [0.15, 0.2) is 5.41 Å². The number of carbonyl (C=O) groups excluding carboxylic acids is 2. The summed E-state index contributed by atoms with van der Waals surface area (Å²) in [7, 11) is 0. The summed E-state index contributed by atoms with van der Waals surface area (Å²) in [6.07, 6.45) is 3.52. The molecule has 0 aliphatic heterocycles. The molecule has 0 saturated heterocycles. The average molecular weight is 282 g/mol. The molecule has 0 aromatic carbocycles. The maximum absolute atomic E-state index is 12.3. The van der Waals surface area contributed by atoms with Crippen LogP contribution in [0, 0.1) is 5.41 Å². The summed E-state index contributed by atoms with van der Waals surface area (Å²) in [5.74, 6) is -1.02. The average Bonchev–Trinajstić information content (AvgIpc) is 2.39. The highest BCUT2D eigenvalue weighted by atomic mass is 16.6. The quantitative estimate of drug-likeness (QED) is 0.350. The summed E-state index contributed by atoms with van der Waals surface area (Å²) in [5, 5.41) is 0. The number of hydrogen-bond donors (Lipinski definition) is 0. The molecule has 0 bridgehead atoms. The van der Waals surface area contributed by atoms with Gasteiger partial charge in [0.1, 0.15) is 0 Å². The lowest BCUT2D eigenvalue weighted by Gasteiger charge is -2.29. The Hall–Kier alpha value is -1.58. The molecule has 20 heavy (non-hydrogen) atoms. The first kappa shape index (κ1) is 18.4. The van der Waals surface area contributed by atoms with Crippen LogP contribution in [-0.2, 0) is 19.1 Å². The second-order valence-electron chi connectivity index (χ2n) is 4.81. The summed E-state index contributed by atoms with van der Waals surface area (Å²) in [6, 6.07) is 0. The summed E-state index contributed by atoms with van der Waals surface area (Å²) in [4.78, 5) is 24.6. The molecule has 0 aliphatic carbocycles. The van der Waals surface area contributed by atoms with Crippen LogP contribution in [0.4, 0.5) is 0 Å². The maximum atomic E-state index is 12.3. The molecular weight excluding hydrogens is 256 g/mol.